The summed E-state index contributed by atoms with van der Waals surface area (Å²) in [5.41, 5.74) is 0. The molecule has 0 radical (unpaired) electrons. The Balaban J connectivity index is 0. The normalized spacial score (nSPS) is 12.4. The molecule has 0 spiro atoms. The number of hydrogen-bond acceptors (Lipinski definition) is 3. The predicted octanol–water partition coefficient (Wildman–Crippen LogP) is -1.46. The van der Waals surface area contributed by atoms with Gasteiger partial charge in [0, 0.05) is 0 Å². The first-order valence-electron chi connectivity index (χ1n) is 1.53. The summed E-state index contributed by atoms with van der Waals surface area (Å²) in [5.74, 6) is 0. The SMILES string of the molecule is O=P(O)(O)OP(=O)(O)O.[KH]. The van der Waals surface area contributed by atoms with Crippen LogP contribution in [0.3, 0.4) is 0 Å². The Morgan fingerprint density at radius 2 is 1.10 bits per heavy atom. The van der Waals surface area contributed by atoms with Crippen LogP contribution in [-0.2, 0) is 13.4 Å². The van der Waals surface area contributed by atoms with Gasteiger partial charge in [-0.2, -0.15) is 4.31 Å². The van der Waals surface area contributed by atoms with E-state index in [1.54, 1.807) is 0 Å². The Kier molecular flexibility index (Phi) is 6.94. The van der Waals surface area contributed by atoms with Crippen molar-refractivity contribution in [1.29, 1.82) is 0 Å². The molecule has 0 aliphatic heterocycles. The molecule has 0 fully saturated rings. The number of phosphoric acid groups is 2. The van der Waals surface area contributed by atoms with Crippen molar-refractivity contribution in [3.05, 3.63) is 0 Å². The molecule has 10 heavy (non-hydrogen) atoms. The van der Waals surface area contributed by atoms with Crippen LogP contribution < -0.4 is 0 Å². The van der Waals surface area contributed by atoms with E-state index in [1.165, 1.54) is 0 Å². The van der Waals surface area contributed by atoms with Crippen LogP contribution in [0.5, 0.6) is 0 Å². The first kappa shape index (κ1) is 14.4. The summed E-state index contributed by atoms with van der Waals surface area (Å²) < 4.78 is 22.2. The quantitative estimate of drug-likeness (QED) is 0.329. The van der Waals surface area contributed by atoms with Gasteiger partial charge in [-0.05, 0) is 0 Å². The summed E-state index contributed by atoms with van der Waals surface area (Å²) in [5, 5.41) is 0. The predicted molar refractivity (Wildman–Crippen MR) is 32.3 cm³/mol. The Bertz CT molecular complexity index is 152. The fourth-order valence-corrected chi connectivity index (χ4v) is 1.25. The Hall–Kier alpha value is 1.90. The zero-order valence-corrected chi connectivity index (χ0v) is 5.70. The molecule has 0 heterocycles. The van der Waals surface area contributed by atoms with Crippen molar-refractivity contribution in [3.63, 3.8) is 0 Å². The van der Waals surface area contributed by atoms with Crippen molar-refractivity contribution in [1.82, 2.24) is 0 Å². The molecule has 0 aliphatic carbocycles. The van der Waals surface area contributed by atoms with Crippen molar-refractivity contribution in [2.24, 2.45) is 0 Å². The topological polar surface area (TPSA) is 124 Å². The molecule has 0 unspecified atom stereocenters. The Morgan fingerprint density at radius 1 is 0.900 bits per heavy atom. The monoisotopic (exact) mass is 218 g/mol. The zero-order chi connectivity index (χ0) is 7.71. The van der Waals surface area contributed by atoms with E-state index in [0.29, 0.717) is 0 Å². The molecule has 0 bridgehead atoms. The fraction of sp³-hybridized carbons (Fsp3) is 0. The van der Waals surface area contributed by atoms with Crippen LogP contribution in [0.15, 0.2) is 0 Å². The van der Waals surface area contributed by atoms with E-state index in [-0.39, 0.29) is 51.4 Å². The van der Waals surface area contributed by atoms with E-state index in [1.807, 2.05) is 0 Å². The average Bonchev–Trinajstić information content (AvgIpc) is 1.14. The third-order valence-corrected chi connectivity index (χ3v) is 1.91. The summed E-state index contributed by atoms with van der Waals surface area (Å²) in [4.78, 5) is 31.0. The van der Waals surface area contributed by atoms with E-state index in [0.717, 1.165) is 0 Å². The van der Waals surface area contributed by atoms with Gasteiger partial charge in [0.15, 0.2) is 0 Å². The molecule has 4 N–H and O–H groups in total. The van der Waals surface area contributed by atoms with E-state index in [9.17, 15) is 9.13 Å². The van der Waals surface area contributed by atoms with Crippen molar-refractivity contribution in [3.8, 4) is 0 Å². The maximum absolute atomic E-state index is 9.63. The van der Waals surface area contributed by atoms with Gasteiger partial charge in [0.25, 0.3) is 0 Å². The maximum atomic E-state index is 9.63. The second-order valence-electron chi connectivity index (χ2n) is 1.06. The first-order valence-corrected chi connectivity index (χ1v) is 4.59. The van der Waals surface area contributed by atoms with Gasteiger partial charge in [-0.3, -0.25) is 0 Å². The second kappa shape index (κ2) is 4.81. The van der Waals surface area contributed by atoms with E-state index in [2.05, 4.69) is 4.31 Å². The van der Waals surface area contributed by atoms with Gasteiger partial charge in [0.1, 0.15) is 0 Å². The van der Waals surface area contributed by atoms with Gasteiger partial charge in [-0.1, -0.05) is 0 Å². The fourth-order valence-electron chi connectivity index (χ4n) is 0.139. The minimum atomic E-state index is -5.05. The minimum absolute atomic E-state index is 0. The van der Waals surface area contributed by atoms with Crippen LogP contribution in [0, 0.1) is 0 Å². The summed E-state index contributed by atoms with van der Waals surface area (Å²) in [6.45, 7) is 0. The molecule has 0 aliphatic rings. The van der Waals surface area contributed by atoms with E-state index >= 15 is 0 Å². The van der Waals surface area contributed by atoms with Gasteiger partial charge < -0.3 is 19.6 Å². The van der Waals surface area contributed by atoms with Crippen molar-refractivity contribution >= 4 is 67.0 Å². The van der Waals surface area contributed by atoms with Crippen LogP contribution in [0.2, 0.25) is 0 Å². The molecule has 0 amide bonds. The third kappa shape index (κ3) is 12.6. The second-order valence-corrected chi connectivity index (χ2v) is 3.68. The van der Waals surface area contributed by atoms with Crippen LogP contribution in [0.4, 0.5) is 0 Å². The molecule has 0 aromatic rings. The van der Waals surface area contributed by atoms with Gasteiger partial charge >= 0.3 is 67.0 Å². The third-order valence-electron chi connectivity index (χ3n) is 0.213. The molecule has 58 valence electrons. The van der Waals surface area contributed by atoms with Crippen LogP contribution in [0.1, 0.15) is 0 Å². The number of hydrogen-bond donors (Lipinski definition) is 4. The van der Waals surface area contributed by atoms with Crippen molar-refractivity contribution in [2.45, 2.75) is 0 Å². The molecule has 10 heteroatoms. The van der Waals surface area contributed by atoms with Crippen LogP contribution in [0.25, 0.3) is 0 Å². The van der Waals surface area contributed by atoms with Gasteiger partial charge in [0.2, 0.25) is 0 Å². The zero-order valence-electron chi connectivity index (χ0n) is 3.91. The van der Waals surface area contributed by atoms with Crippen molar-refractivity contribution in [2.75, 3.05) is 0 Å². The summed E-state index contributed by atoms with van der Waals surface area (Å²) in [6, 6.07) is 0. The van der Waals surface area contributed by atoms with Crippen molar-refractivity contribution < 1.29 is 33.0 Å². The Labute approximate surface area is 98.7 Å². The van der Waals surface area contributed by atoms with Crippen LogP contribution >= 0.6 is 15.6 Å². The van der Waals surface area contributed by atoms with Gasteiger partial charge in [-0.15, -0.1) is 0 Å². The first-order chi connectivity index (χ1) is 3.71. The molecule has 0 atom stereocenters. The van der Waals surface area contributed by atoms with Crippen LogP contribution in [-0.4, -0.2) is 71.0 Å². The van der Waals surface area contributed by atoms with Gasteiger partial charge in [0.05, 0.1) is 0 Å². The molecule has 7 nitrogen and oxygen atoms in total. The number of rotatable bonds is 2. The molecular formula is H5KO7P2. The Morgan fingerprint density at radius 3 is 1.10 bits per heavy atom. The summed E-state index contributed by atoms with van der Waals surface area (Å²) >= 11 is 0. The average molecular weight is 218 g/mol. The molecule has 0 rings (SSSR count). The van der Waals surface area contributed by atoms with E-state index < -0.39 is 15.6 Å². The summed E-state index contributed by atoms with van der Waals surface area (Å²) in [6.07, 6.45) is 0. The molecule has 0 saturated carbocycles. The molecule has 0 aromatic heterocycles. The summed E-state index contributed by atoms with van der Waals surface area (Å²) in [7, 11) is -10.1. The standard InChI is InChI=1S/K.H4O7P2.H/c;1-8(2,3)7-9(4,5)6;/h;(H2,1,2,3)(H2,4,5,6);. The molecule has 0 aromatic carbocycles. The van der Waals surface area contributed by atoms with E-state index in [4.69, 9.17) is 19.6 Å². The molecular weight excluding hydrogens is 213 g/mol. The molecule has 0 saturated heterocycles. The van der Waals surface area contributed by atoms with Gasteiger partial charge in [-0.25, -0.2) is 9.13 Å².